The van der Waals surface area contributed by atoms with Crippen LogP contribution in [0, 0.1) is 0 Å². The summed E-state index contributed by atoms with van der Waals surface area (Å²) in [5, 5.41) is 2.45. The summed E-state index contributed by atoms with van der Waals surface area (Å²) in [6.45, 7) is 0. The molecule has 3 nitrogen and oxygen atoms in total. The number of pyridine rings is 1. The van der Waals surface area contributed by atoms with Gasteiger partial charge in [0.1, 0.15) is 11.2 Å². The molecule has 38 heavy (non-hydrogen) atoms. The molecule has 0 amide bonds. The quantitative estimate of drug-likeness (QED) is 0.245. The van der Waals surface area contributed by atoms with Crippen LogP contribution < -0.4 is 0 Å². The van der Waals surface area contributed by atoms with Crippen molar-refractivity contribution in [3.05, 3.63) is 140 Å². The molecule has 0 aliphatic heterocycles. The molecule has 0 N–H and O–H groups in total. The van der Waals surface area contributed by atoms with Crippen LogP contribution in [0.25, 0.3) is 66.6 Å². The van der Waals surface area contributed by atoms with E-state index in [1.807, 2.05) is 0 Å². The van der Waals surface area contributed by atoms with E-state index in [0.29, 0.717) is 0 Å². The lowest BCUT2D eigenvalue weighted by Gasteiger charge is -2.13. The second kappa shape index (κ2) is 8.19. The molecule has 0 atom stereocenters. The monoisotopic (exact) mass is 485 g/mol. The molecule has 8 rings (SSSR count). The first-order valence-electron chi connectivity index (χ1n) is 12.9. The topological polar surface area (TPSA) is 22.2 Å². The van der Waals surface area contributed by atoms with E-state index in [1.165, 1.54) is 33.0 Å². The minimum Gasteiger partial charge on any atom is -0.307 e. The zero-order chi connectivity index (χ0) is 25.1. The maximum absolute atomic E-state index is 5.26. The normalized spacial score (nSPS) is 11.7. The van der Waals surface area contributed by atoms with Gasteiger partial charge in [-0.2, -0.15) is 0 Å². The Balaban J connectivity index is 1.50. The summed E-state index contributed by atoms with van der Waals surface area (Å²) >= 11 is 0. The molecule has 3 heteroatoms. The fourth-order valence-corrected chi connectivity index (χ4v) is 5.90. The summed E-state index contributed by atoms with van der Waals surface area (Å²) in [4.78, 5) is 5.26. The Hall–Kier alpha value is -5.15. The van der Waals surface area contributed by atoms with Gasteiger partial charge < -0.3 is 4.57 Å². The van der Waals surface area contributed by atoms with Gasteiger partial charge in [-0.15, -0.1) is 0 Å². The largest absolute Gasteiger partial charge is 0.307 e. The number of para-hydroxylation sites is 2. The molecule has 3 aromatic heterocycles. The SMILES string of the molecule is c1ccc(-c2ccccc2-c2cccc3nc4c5c(ccc4n23)c2ccccc2n5-c2ccccc2)cc1. The van der Waals surface area contributed by atoms with Crippen molar-refractivity contribution < 1.29 is 0 Å². The van der Waals surface area contributed by atoms with E-state index in [1.54, 1.807) is 0 Å². The lowest BCUT2D eigenvalue weighted by molar-refractivity contribution is 1.18. The molecule has 0 bridgehead atoms. The maximum atomic E-state index is 5.26. The van der Waals surface area contributed by atoms with Gasteiger partial charge in [0.15, 0.2) is 0 Å². The highest BCUT2D eigenvalue weighted by atomic mass is 15.1. The van der Waals surface area contributed by atoms with Crippen LogP contribution in [0.15, 0.2) is 140 Å². The Morgan fingerprint density at radius 3 is 2.03 bits per heavy atom. The van der Waals surface area contributed by atoms with Gasteiger partial charge in [0.05, 0.1) is 22.2 Å². The molecule has 0 spiro atoms. The Labute approximate surface area is 219 Å². The minimum absolute atomic E-state index is 0.942. The number of aromatic nitrogens is 3. The van der Waals surface area contributed by atoms with Gasteiger partial charge in [-0.1, -0.05) is 97.1 Å². The molecular formula is C35H23N3. The molecule has 3 heterocycles. The van der Waals surface area contributed by atoms with Crippen LogP contribution >= 0.6 is 0 Å². The predicted molar refractivity (Wildman–Crippen MR) is 158 cm³/mol. The number of nitrogens with zero attached hydrogens (tertiary/aromatic N) is 3. The standard InChI is InChI=1S/C35H23N3/c1-3-12-24(13-4-1)26-16-7-8-17-27(26)31-20-11-21-33-36-34-32(38(31)33)23-22-29-28-18-9-10-19-30(28)37(35(29)34)25-14-5-2-6-15-25/h1-23H. The van der Waals surface area contributed by atoms with Crippen LogP contribution in [0.3, 0.4) is 0 Å². The van der Waals surface area contributed by atoms with E-state index >= 15 is 0 Å². The number of hydrogen-bond acceptors (Lipinski definition) is 1. The predicted octanol–water partition coefficient (Wildman–Crippen LogP) is 8.92. The van der Waals surface area contributed by atoms with Gasteiger partial charge in [-0.25, -0.2) is 4.98 Å². The van der Waals surface area contributed by atoms with Gasteiger partial charge >= 0.3 is 0 Å². The van der Waals surface area contributed by atoms with Crippen molar-refractivity contribution in [2.75, 3.05) is 0 Å². The van der Waals surface area contributed by atoms with Crippen molar-refractivity contribution in [1.29, 1.82) is 0 Å². The van der Waals surface area contributed by atoms with E-state index in [4.69, 9.17) is 4.98 Å². The van der Waals surface area contributed by atoms with Crippen LogP contribution in [0.4, 0.5) is 0 Å². The van der Waals surface area contributed by atoms with E-state index < -0.39 is 0 Å². The summed E-state index contributed by atoms with van der Waals surface area (Å²) in [6, 6.07) is 49.4. The molecular weight excluding hydrogens is 462 g/mol. The van der Waals surface area contributed by atoms with Crippen LogP contribution in [0.2, 0.25) is 0 Å². The molecule has 8 aromatic rings. The Bertz CT molecular complexity index is 2120. The van der Waals surface area contributed by atoms with E-state index in [-0.39, 0.29) is 0 Å². The third kappa shape index (κ3) is 2.99. The van der Waals surface area contributed by atoms with Gasteiger partial charge in [0.25, 0.3) is 0 Å². The van der Waals surface area contributed by atoms with Gasteiger partial charge in [-0.05, 0) is 53.6 Å². The number of imidazole rings is 1. The van der Waals surface area contributed by atoms with Crippen LogP contribution in [-0.4, -0.2) is 14.0 Å². The fraction of sp³-hybridized carbons (Fsp3) is 0. The van der Waals surface area contributed by atoms with E-state index in [0.717, 1.165) is 33.6 Å². The molecule has 0 saturated heterocycles. The van der Waals surface area contributed by atoms with Gasteiger partial charge in [-0.3, -0.25) is 4.40 Å². The first-order valence-corrected chi connectivity index (χ1v) is 12.9. The smallest absolute Gasteiger partial charge is 0.138 e. The van der Waals surface area contributed by atoms with Crippen molar-refractivity contribution >= 4 is 38.5 Å². The molecule has 0 aliphatic rings. The number of rotatable bonds is 3. The summed E-state index contributed by atoms with van der Waals surface area (Å²) in [7, 11) is 0. The lowest BCUT2D eigenvalue weighted by Crippen LogP contribution is -1.95. The van der Waals surface area contributed by atoms with Crippen LogP contribution in [0.5, 0.6) is 0 Å². The van der Waals surface area contributed by atoms with Crippen molar-refractivity contribution in [1.82, 2.24) is 14.0 Å². The average molecular weight is 486 g/mol. The second-order valence-electron chi connectivity index (χ2n) is 9.65. The van der Waals surface area contributed by atoms with E-state index in [2.05, 4.69) is 148 Å². The number of hydrogen-bond donors (Lipinski definition) is 0. The first kappa shape index (κ1) is 21.0. The molecule has 178 valence electrons. The highest BCUT2D eigenvalue weighted by Crippen LogP contribution is 2.39. The van der Waals surface area contributed by atoms with E-state index in [9.17, 15) is 0 Å². The van der Waals surface area contributed by atoms with Crippen LogP contribution in [-0.2, 0) is 0 Å². The zero-order valence-electron chi connectivity index (χ0n) is 20.6. The molecule has 0 saturated carbocycles. The zero-order valence-corrected chi connectivity index (χ0v) is 20.6. The van der Waals surface area contributed by atoms with Crippen molar-refractivity contribution in [2.45, 2.75) is 0 Å². The molecule has 0 fully saturated rings. The lowest BCUT2D eigenvalue weighted by atomic mass is 9.97. The summed E-state index contributed by atoms with van der Waals surface area (Å²) in [5.41, 5.74) is 11.2. The van der Waals surface area contributed by atoms with Gasteiger partial charge in [0.2, 0.25) is 0 Å². The second-order valence-corrected chi connectivity index (χ2v) is 9.65. The number of benzene rings is 5. The van der Waals surface area contributed by atoms with Gasteiger partial charge in [0, 0.05) is 22.0 Å². The minimum atomic E-state index is 0.942. The third-order valence-electron chi connectivity index (χ3n) is 7.53. The highest BCUT2D eigenvalue weighted by molar-refractivity contribution is 6.17. The summed E-state index contributed by atoms with van der Waals surface area (Å²) in [5.74, 6) is 0. The Morgan fingerprint density at radius 2 is 1.18 bits per heavy atom. The fourth-order valence-electron chi connectivity index (χ4n) is 5.90. The van der Waals surface area contributed by atoms with Crippen LogP contribution in [0.1, 0.15) is 0 Å². The average Bonchev–Trinajstić information content (AvgIpc) is 3.54. The number of fused-ring (bicyclic) bond motifs is 7. The molecule has 0 radical (unpaired) electrons. The summed E-state index contributed by atoms with van der Waals surface area (Å²) in [6.07, 6.45) is 0. The van der Waals surface area contributed by atoms with Crippen molar-refractivity contribution in [2.24, 2.45) is 0 Å². The molecule has 0 aliphatic carbocycles. The van der Waals surface area contributed by atoms with Crippen molar-refractivity contribution in [3.63, 3.8) is 0 Å². The molecule has 0 unspecified atom stereocenters. The maximum Gasteiger partial charge on any atom is 0.138 e. The Kier molecular flexibility index (Phi) is 4.52. The van der Waals surface area contributed by atoms with Crippen molar-refractivity contribution in [3.8, 4) is 28.1 Å². The highest BCUT2D eigenvalue weighted by Gasteiger charge is 2.19. The Morgan fingerprint density at radius 1 is 0.474 bits per heavy atom. The summed E-state index contributed by atoms with van der Waals surface area (Å²) < 4.78 is 4.67. The molecule has 5 aromatic carbocycles. The third-order valence-corrected chi connectivity index (χ3v) is 7.53. The first-order chi connectivity index (χ1) is 18.9.